The first-order valence-electron chi connectivity index (χ1n) is 6.61. The van der Waals surface area contributed by atoms with Crippen LogP contribution in [0.25, 0.3) is 0 Å². The summed E-state index contributed by atoms with van der Waals surface area (Å²) < 4.78 is 0. The Labute approximate surface area is 123 Å². The highest BCUT2D eigenvalue weighted by molar-refractivity contribution is 5.95. The van der Waals surface area contributed by atoms with Gasteiger partial charge in [0.1, 0.15) is 5.56 Å². The van der Waals surface area contributed by atoms with Gasteiger partial charge in [-0.3, -0.25) is 4.98 Å². The fourth-order valence-corrected chi connectivity index (χ4v) is 2.12. The number of aromatic carboxylic acids is 1. The molecule has 0 amide bonds. The Morgan fingerprint density at radius 1 is 1.24 bits per heavy atom. The van der Waals surface area contributed by atoms with Crippen molar-refractivity contribution in [2.45, 2.75) is 27.3 Å². The van der Waals surface area contributed by atoms with Crippen LogP contribution in [0.15, 0.2) is 18.2 Å². The quantitative estimate of drug-likeness (QED) is 0.927. The minimum absolute atomic E-state index is 0.192. The van der Waals surface area contributed by atoms with Crippen molar-refractivity contribution in [3.63, 3.8) is 0 Å². The molecule has 2 heterocycles. The zero-order valence-electron chi connectivity index (χ0n) is 12.6. The highest BCUT2D eigenvalue weighted by Crippen LogP contribution is 2.22. The number of nitrogens with zero attached hydrogens (tertiary/aromatic N) is 4. The number of rotatable bonds is 4. The van der Waals surface area contributed by atoms with Crippen LogP contribution < -0.4 is 4.90 Å². The largest absolute Gasteiger partial charge is 0.478 e. The molecule has 0 saturated carbocycles. The molecule has 0 aromatic carbocycles. The van der Waals surface area contributed by atoms with E-state index < -0.39 is 5.97 Å². The molecule has 0 aliphatic carbocycles. The van der Waals surface area contributed by atoms with Crippen LogP contribution in [0.2, 0.25) is 0 Å². The lowest BCUT2D eigenvalue weighted by Crippen LogP contribution is -2.23. The first kappa shape index (κ1) is 14.9. The molecule has 2 aromatic rings. The van der Waals surface area contributed by atoms with E-state index in [-0.39, 0.29) is 5.56 Å². The zero-order valence-corrected chi connectivity index (χ0v) is 12.6. The maximum Gasteiger partial charge on any atom is 0.339 e. The zero-order chi connectivity index (χ0) is 15.6. The first-order chi connectivity index (χ1) is 9.90. The number of carboxylic acid groups (broad SMARTS) is 1. The predicted octanol–water partition coefficient (Wildman–Crippen LogP) is 2.13. The van der Waals surface area contributed by atoms with Gasteiger partial charge in [-0.25, -0.2) is 4.79 Å². The summed E-state index contributed by atoms with van der Waals surface area (Å²) in [5.74, 6) is -0.640. The number of pyridine rings is 1. The molecular formula is C15H18N4O2. The van der Waals surface area contributed by atoms with Gasteiger partial charge in [-0.05, 0) is 38.5 Å². The van der Waals surface area contributed by atoms with Gasteiger partial charge < -0.3 is 10.0 Å². The van der Waals surface area contributed by atoms with Gasteiger partial charge in [0, 0.05) is 12.7 Å². The summed E-state index contributed by atoms with van der Waals surface area (Å²) >= 11 is 0. The van der Waals surface area contributed by atoms with Crippen LogP contribution in [0.1, 0.15) is 33.0 Å². The second-order valence-electron chi connectivity index (χ2n) is 5.04. The molecule has 0 fully saturated rings. The third-order valence-corrected chi connectivity index (χ3v) is 3.36. The summed E-state index contributed by atoms with van der Waals surface area (Å²) in [5, 5.41) is 17.5. The summed E-state index contributed by atoms with van der Waals surface area (Å²) in [6, 6.07) is 5.75. The number of hydrogen-bond donors (Lipinski definition) is 1. The molecule has 0 saturated heterocycles. The van der Waals surface area contributed by atoms with Gasteiger partial charge in [0.15, 0.2) is 5.82 Å². The third kappa shape index (κ3) is 3.16. The fourth-order valence-electron chi connectivity index (χ4n) is 2.12. The molecule has 21 heavy (non-hydrogen) atoms. The molecule has 6 heteroatoms. The van der Waals surface area contributed by atoms with Gasteiger partial charge in [0.05, 0.1) is 17.9 Å². The summed E-state index contributed by atoms with van der Waals surface area (Å²) in [5.41, 5.74) is 3.23. The highest BCUT2D eigenvalue weighted by atomic mass is 16.4. The molecule has 0 bridgehead atoms. The Morgan fingerprint density at radius 3 is 2.57 bits per heavy atom. The maximum absolute atomic E-state index is 11.5. The van der Waals surface area contributed by atoms with Gasteiger partial charge in [-0.1, -0.05) is 6.07 Å². The van der Waals surface area contributed by atoms with E-state index >= 15 is 0 Å². The number of carbonyl (C=O) groups is 1. The van der Waals surface area contributed by atoms with Crippen molar-refractivity contribution >= 4 is 11.8 Å². The van der Waals surface area contributed by atoms with Crippen LogP contribution >= 0.6 is 0 Å². The smallest absolute Gasteiger partial charge is 0.339 e. The van der Waals surface area contributed by atoms with E-state index in [1.165, 1.54) is 0 Å². The van der Waals surface area contributed by atoms with Crippen LogP contribution in [0.4, 0.5) is 5.82 Å². The van der Waals surface area contributed by atoms with Crippen molar-refractivity contribution in [3.05, 3.63) is 46.4 Å². The Hall–Kier alpha value is -2.50. The van der Waals surface area contributed by atoms with E-state index in [9.17, 15) is 9.90 Å². The molecule has 0 spiro atoms. The summed E-state index contributed by atoms with van der Waals surface area (Å²) in [6.45, 7) is 5.89. The molecule has 0 atom stereocenters. The average molecular weight is 286 g/mol. The average Bonchev–Trinajstić information content (AvgIpc) is 2.41. The Morgan fingerprint density at radius 2 is 1.95 bits per heavy atom. The second-order valence-corrected chi connectivity index (χ2v) is 5.04. The van der Waals surface area contributed by atoms with Gasteiger partial charge >= 0.3 is 5.97 Å². The fraction of sp³-hybridized carbons (Fsp3) is 0.333. The summed E-state index contributed by atoms with van der Waals surface area (Å²) in [4.78, 5) is 17.7. The third-order valence-electron chi connectivity index (χ3n) is 3.36. The van der Waals surface area contributed by atoms with E-state index in [2.05, 4.69) is 15.2 Å². The standard InChI is InChI=1S/C15H18N4O2/c1-9-6-5-7-12(16-9)8-19(4)14-13(15(20)21)10(2)11(3)17-18-14/h5-7H,8H2,1-4H3,(H,20,21). The van der Waals surface area contributed by atoms with Crippen LogP contribution in [0.5, 0.6) is 0 Å². The van der Waals surface area contributed by atoms with E-state index in [0.717, 1.165) is 11.4 Å². The second kappa shape index (κ2) is 5.87. The Kier molecular flexibility index (Phi) is 4.16. The van der Waals surface area contributed by atoms with Crippen molar-refractivity contribution in [2.24, 2.45) is 0 Å². The minimum Gasteiger partial charge on any atom is -0.478 e. The van der Waals surface area contributed by atoms with Gasteiger partial charge in [0.2, 0.25) is 0 Å². The highest BCUT2D eigenvalue weighted by Gasteiger charge is 2.20. The monoisotopic (exact) mass is 286 g/mol. The maximum atomic E-state index is 11.5. The van der Waals surface area contributed by atoms with Crippen molar-refractivity contribution in [1.82, 2.24) is 15.2 Å². The molecule has 2 aromatic heterocycles. The molecular weight excluding hydrogens is 268 g/mol. The molecule has 0 unspecified atom stereocenters. The normalized spacial score (nSPS) is 10.5. The Balaban J connectivity index is 2.37. The molecule has 6 nitrogen and oxygen atoms in total. The van der Waals surface area contributed by atoms with Crippen LogP contribution in [0, 0.1) is 20.8 Å². The van der Waals surface area contributed by atoms with Crippen LogP contribution in [-0.4, -0.2) is 33.3 Å². The van der Waals surface area contributed by atoms with Crippen LogP contribution in [-0.2, 0) is 6.54 Å². The number of aromatic nitrogens is 3. The number of carboxylic acids is 1. The lowest BCUT2D eigenvalue weighted by atomic mass is 10.1. The first-order valence-corrected chi connectivity index (χ1v) is 6.61. The van der Waals surface area contributed by atoms with Gasteiger partial charge in [-0.2, -0.15) is 5.10 Å². The number of aryl methyl sites for hydroxylation is 2. The van der Waals surface area contributed by atoms with E-state index in [4.69, 9.17) is 0 Å². The Bertz CT molecular complexity index is 685. The van der Waals surface area contributed by atoms with Crippen molar-refractivity contribution in [1.29, 1.82) is 0 Å². The SMILES string of the molecule is Cc1cccc(CN(C)c2nnc(C)c(C)c2C(=O)O)n1. The van der Waals surface area contributed by atoms with E-state index in [0.29, 0.717) is 23.6 Å². The molecule has 110 valence electrons. The lowest BCUT2D eigenvalue weighted by molar-refractivity contribution is 0.0696. The molecule has 1 N–H and O–H groups in total. The van der Waals surface area contributed by atoms with Crippen molar-refractivity contribution < 1.29 is 9.90 Å². The molecule has 0 radical (unpaired) electrons. The van der Waals surface area contributed by atoms with Gasteiger partial charge in [-0.15, -0.1) is 5.10 Å². The molecule has 2 rings (SSSR count). The van der Waals surface area contributed by atoms with Crippen molar-refractivity contribution in [2.75, 3.05) is 11.9 Å². The molecule has 0 aliphatic heterocycles. The van der Waals surface area contributed by atoms with Crippen molar-refractivity contribution in [3.8, 4) is 0 Å². The summed E-state index contributed by atoms with van der Waals surface area (Å²) in [7, 11) is 1.79. The molecule has 0 aliphatic rings. The van der Waals surface area contributed by atoms with Crippen LogP contribution in [0.3, 0.4) is 0 Å². The van der Waals surface area contributed by atoms with E-state index in [1.807, 2.05) is 25.1 Å². The lowest BCUT2D eigenvalue weighted by Gasteiger charge is -2.20. The summed E-state index contributed by atoms with van der Waals surface area (Å²) in [6.07, 6.45) is 0. The predicted molar refractivity (Wildman–Crippen MR) is 79.5 cm³/mol. The minimum atomic E-state index is -0.996. The number of anilines is 1. The topological polar surface area (TPSA) is 79.2 Å². The number of hydrogen-bond acceptors (Lipinski definition) is 5. The van der Waals surface area contributed by atoms with Gasteiger partial charge in [0.25, 0.3) is 0 Å². The van der Waals surface area contributed by atoms with E-state index in [1.54, 1.807) is 25.8 Å².